The molecule has 0 spiro atoms. The molecule has 0 aromatic rings. The molecule has 0 aliphatic carbocycles. The van der Waals surface area contributed by atoms with E-state index in [9.17, 15) is 9.59 Å². The van der Waals surface area contributed by atoms with Crippen molar-refractivity contribution in [1.82, 2.24) is 15.1 Å². The Morgan fingerprint density at radius 3 is 2.33 bits per heavy atom. The number of carboxylic acids is 1. The highest BCUT2D eigenvalue weighted by Gasteiger charge is 2.28. The molecule has 1 rings (SSSR count). The van der Waals surface area contributed by atoms with Gasteiger partial charge in [0.25, 0.3) is 0 Å². The van der Waals surface area contributed by atoms with Crippen molar-refractivity contribution >= 4 is 12.0 Å². The van der Waals surface area contributed by atoms with E-state index in [0.717, 1.165) is 19.6 Å². The number of nitrogens with one attached hydrogen (secondary N) is 1. The molecule has 1 fully saturated rings. The van der Waals surface area contributed by atoms with Crippen LogP contribution in [0.15, 0.2) is 0 Å². The van der Waals surface area contributed by atoms with Crippen LogP contribution in [-0.2, 0) is 4.79 Å². The first-order valence-electron chi connectivity index (χ1n) is 7.72. The van der Waals surface area contributed by atoms with Crippen LogP contribution in [0.4, 0.5) is 4.79 Å². The highest BCUT2D eigenvalue weighted by molar-refractivity contribution is 5.76. The van der Waals surface area contributed by atoms with Gasteiger partial charge in [0, 0.05) is 24.7 Å². The standard InChI is InChI=1S/C15H29N3O3/c1-12(11-17-8-5-6-9-17)16-14(21)18(15(2,3)4)10-7-13(19)20/h12H,5-11H2,1-4H3,(H,16,21)(H,19,20). The monoisotopic (exact) mass is 299 g/mol. The SMILES string of the molecule is CC(CN1CCCC1)NC(=O)N(CCC(=O)O)C(C)(C)C. The molecule has 0 bridgehead atoms. The van der Waals surface area contributed by atoms with Crippen LogP contribution in [0.5, 0.6) is 0 Å². The zero-order valence-corrected chi connectivity index (χ0v) is 13.7. The van der Waals surface area contributed by atoms with Crippen LogP contribution in [0.25, 0.3) is 0 Å². The molecule has 0 saturated carbocycles. The predicted octanol–water partition coefficient (Wildman–Crippen LogP) is 1.76. The van der Waals surface area contributed by atoms with Crippen molar-refractivity contribution in [2.24, 2.45) is 0 Å². The van der Waals surface area contributed by atoms with Crippen LogP contribution >= 0.6 is 0 Å². The van der Waals surface area contributed by atoms with E-state index in [-0.39, 0.29) is 25.0 Å². The van der Waals surface area contributed by atoms with Gasteiger partial charge in [-0.15, -0.1) is 0 Å². The number of hydrogen-bond acceptors (Lipinski definition) is 3. The minimum Gasteiger partial charge on any atom is -0.481 e. The molecular weight excluding hydrogens is 270 g/mol. The van der Waals surface area contributed by atoms with Crippen molar-refractivity contribution in [2.45, 2.75) is 58.5 Å². The minimum atomic E-state index is -0.887. The summed E-state index contributed by atoms with van der Waals surface area (Å²) in [5, 5.41) is 11.8. The summed E-state index contributed by atoms with van der Waals surface area (Å²) in [5.41, 5.74) is -0.396. The smallest absolute Gasteiger partial charge is 0.318 e. The van der Waals surface area contributed by atoms with Crippen LogP contribution in [0, 0.1) is 0 Å². The number of nitrogens with zero attached hydrogens (tertiary/aromatic N) is 2. The van der Waals surface area contributed by atoms with Crippen molar-refractivity contribution < 1.29 is 14.7 Å². The summed E-state index contributed by atoms with van der Waals surface area (Å²) in [7, 11) is 0. The number of urea groups is 1. The summed E-state index contributed by atoms with van der Waals surface area (Å²) in [5.74, 6) is -0.887. The van der Waals surface area contributed by atoms with Gasteiger partial charge in [-0.05, 0) is 53.6 Å². The van der Waals surface area contributed by atoms with Gasteiger partial charge in [0.15, 0.2) is 0 Å². The van der Waals surface area contributed by atoms with E-state index >= 15 is 0 Å². The highest BCUT2D eigenvalue weighted by Crippen LogP contribution is 2.14. The van der Waals surface area contributed by atoms with E-state index in [4.69, 9.17) is 5.11 Å². The molecule has 1 saturated heterocycles. The lowest BCUT2D eigenvalue weighted by Gasteiger charge is -2.36. The summed E-state index contributed by atoms with van der Waals surface area (Å²) in [6, 6.07) is -0.124. The van der Waals surface area contributed by atoms with E-state index in [2.05, 4.69) is 10.2 Å². The number of rotatable bonds is 6. The number of hydrogen-bond donors (Lipinski definition) is 2. The number of carbonyl (C=O) groups excluding carboxylic acids is 1. The Morgan fingerprint density at radius 1 is 1.29 bits per heavy atom. The van der Waals surface area contributed by atoms with Crippen LogP contribution in [0.3, 0.4) is 0 Å². The largest absolute Gasteiger partial charge is 0.481 e. The average Bonchev–Trinajstić information content (AvgIpc) is 2.79. The van der Waals surface area contributed by atoms with E-state index < -0.39 is 11.5 Å². The molecule has 122 valence electrons. The number of aliphatic carboxylic acids is 1. The number of carbonyl (C=O) groups is 2. The number of likely N-dealkylation sites (tertiary alicyclic amines) is 1. The molecule has 0 aromatic carbocycles. The van der Waals surface area contributed by atoms with Crippen LogP contribution in [0.2, 0.25) is 0 Å². The fourth-order valence-electron chi connectivity index (χ4n) is 2.64. The van der Waals surface area contributed by atoms with Gasteiger partial charge in [-0.1, -0.05) is 0 Å². The number of carboxylic acid groups (broad SMARTS) is 1. The summed E-state index contributed by atoms with van der Waals surface area (Å²) < 4.78 is 0. The first-order valence-corrected chi connectivity index (χ1v) is 7.72. The molecule has 0 aromatic heterocycles. The van der Waals surface area contributed by atoms with Gasteiger partial charge >= 0.3 is 12.0 Å². The van der Waals surface area contributed by atoms with Crippen molar-refractivity contribution in [3.05, 3.63) is 0 Å². The maximum Gasteiger partial charge on any atom is 0.318 e. The van der Waals surface area contributed by atoms with Crippen molar-refractivity contribution in [1.29, 1.82) is 0 Å². The van der Waals surface area contributed by atoms with Gasteiger partial charge in [0.05, 0.1) is 6.42 Å². The van der Waals surface area contributed by atoms with Gasteiger partial charge in [-0.25, -0.2) is 4.79 Å². The average molecular weight is 299 g/mol. The van der Waals surface area contributed by atoms with Crippen LogP contribution in [0.1, 0.15) is 47.0 Å². The molecule has 6 nitrogen and oxygen atoms in total. The Morgan fingerprint density at radius 2 is 1.86 bits per heavy atom. The molecule has 1 heterocycles. The minimum absolute atomic E-state index is 0.0365. The quantitative estimate of drug-likeness (QED) is 0.784. The van der Waals surface area contributed by atoms with Gasteiger partial charge < -0.3 is 20.2 Å². The van der Waals surface area contributed by atoms with Crippen LogP contribution in [-0.4, -0.2) is 64.7 Å². The second kappa shape index (κ2) is 7.64. The van der Waals surface area contributed by atoms with E-state index in [1.54, 1.807) is 4.90 Å². The topological polar surface area (TPSA) is 72.9 Å². The Balaban J connectivity index is 2.52. The second-order valence-corrected chi connectivity index (χ2v) is 6.82. The molecular formula is C15H29N3O3. The zero-order chi connectivity index (χ0) is 16.0. The number of amides is 2. The molecule has 0 radical (unpaired) electrons. The van der Waals surface area contributed by atoms with Crippen molar-refractivity contribution in [2.75, 3.05) is 26.2 Å². The lowest BCUT2D eigenvalue weighted by molar-refractivity contribution is -0.137. The lowest BCUT2D eigenvalue weighted by Crippen LogP contribution is -2.54. The Bertz CT molecular complexity index is 360. The molecule has 2 amide bonds. The summed E-state index contributed by atoms with van der Waals surface area (Å²) in [6.07, 6.45) is 2.42. The molecule has 1 unspecified atom stereocenters. The van der Waals surface area contributed by atoms with Gasteiger partial charge in [-0.2, -0.15) is 0 Å². The zero-order valence-electron chi connectivity index (χ0n) is 13.7. The Labute approximate surface area is 127 Å². The maximum absolute atomic E-state index is 12.4. The Kier molecular flexibility index (Phi) is 6.45. The molecule has 1 aliphatic rings. The Hall–Kier alpha value is -1.30. The van der Waals surface area contributed by atoms with Gasteiger partial charge in [0.1, 0.15) is 0 Å². The van der Waals surface area contributed by atoms with E-state index in [1.165, 1.54) is 12.8 Å². The van der Waals surface area contributed by atoms with Gasteiger partial charge in [0.2, 0.25) is 0 Å². The van der Waals surface area contributed by atoms with Crippen molar-refractivity contribution in [3.8, 4) is 0 Å². The van der Waals surface area contributed by atoms with E-state index in [0.29, 0.717) is 0 Å². The summed E-state index contributed by atoms with van der Waals surface area (Å²) in [6.45, 7) is 11.0. The molecule has 6 heteroatoms. The maximum atomic E-state index is 12.4. The summed E-state index contributed by atoms with van der Waals surface area (Å²) in [4.78, 5) is 27.1. The predicted molar refractivity (Wildman–Crippen MR) is 82.4 cm³/mol. The third kappa shape index (κ3) is 6.33. The third-order valence-electron chi connectivity index (χ3n) is 3.70. The normalized spacial score (nSPS) is 17.5. The van der Waals surface area contributed by atoms with Gasteiger partial charge in [-0.3, -0.25) is 4.79 Å². The first kappa shape index (κ1) is 17.8. The highest BCUT2D eigenvalue weighted by atomic mass is 16.4. The fraction of sp³-hybridized carbons (Fsp3) is 0.867. The molecule has 2 N–H and O–H groups in total. The lowest BCUT2D eigenvalue weighted by atomic mass is 10.1. The molecule has 1 aliphatic heterocycles. The summed E-state index contributed by atoms with van der Waals surface area (Å²) >= 11 is 0. The fourth-order valence-corrected chi connectivity index (χ4v) is 2.64. The first-order chi connectivity index (χ1) is 9.70. The molecule has 21 heavy (non-hydrogen) atoms. The van der Waals surface area contributed by atoms with Crippen LogP contribution < -0.4 is 5.32 Å². The molecule has 1 atom stereocenters. The second-order valence-electron chi connectivity index (χ2n) is 6.82. The third-order valence-corrected chi connectivity index (χ3v) is 3.70. The van der Waals surface area contributed by atoms with E-state index in [1.807, 2.05) is 27.7 Å². The van der Waals surface area contributed by atoms with Crippen molar-refractivity contribution in [3.63, 3.8) is 0 Å².